The van der Waals surface area contributed by atoms with Crippen molar-refractivity contribution in [3.05, 3.63) is 176 Å². The summed E-state index contributed by atoms with van der Waals surface area (Å²) < 4.78 is 13.0. The van der Waals surface area contributed by atoms with Crippen LogP contribution in [0.15, 0.2) is 185 Å². The molecule has 0 amide bonds. The van der Waals surface area contributed by atoms with E-state index in [9.17, 15) is 0 Å². The number of para-hydroxylation sites is 1. The molecule has 0 aliphatic rings. The van der Waals surface area contributed by atoms with Crippen LogP contribution >= 0.6 is 0 Å². The Morgan fingerprint density at radius 3 is 1.48 bits per heavy atom. The predicted octanol–water partition coefficient (Wildman–Crippen LogP) is 12.5. The molecule has 7 heteroatoms. The SMILES string of the molecule is c1ccc(-c2ccc(-c3nc(-c4ccc5c(c4)oc4ccc(-c6nc(-c7ccccc7)nc(-c7ccccc7)n6)cc45)c4oc5ccccc5c4n3)cc2)cc1. The molecule has 0 aliphatic heterocycles. The second kappa shape index (κ2) is 13.0. The summed E-state index contributed by atoms with van der Waals surface area (Å²) in [6.45, 7) is 0. The van der Waals surface area contributed by atoms with Gasteiger partial charge in [-0.3, -0.25) is 0 Å². The Labute approximate surface area is 320 Å². The fraction of sp³-hybridized carbons (Fsp3) is 0. The molecule has 0 radical (unpaired) electrons. The molecular weight excluding hydrogens is 691 g/mol. The van der Waals surface area contributed by atoms with Crippen LogP contribution in [0.3, 0.4) is 0 Å². The van der Waals surface area contributed by atoms with Gasteiger partial charge in [0.05, 0.1) is 0 Å². The highest BCUT2D eigenvalue weighted by atomic mass is 16.3. The van der Waals surface area contributed by atoms with E-state index < -0.39 is 0 Å². The van der Waals surface area contributed by atoms with Crippen LogP contribution in [-0.4, -0.2) is 24.9 Å². The van der Waals surface area contributed by atoms with Gasteiger partial charge in [0.15, 0.2) is 28.9 Å². The van der Waals surface area contributed by atoms with Gasteiger partial charge in [-0.05, 0) is 53.6 Å². The largest absolute Gasteiger partial charge is 0.456 e. The average molecular weight is 720 g/mol. The summed E-state index contributed by atoms with van der Waals surface area (Å²) in [5.41, 5.74) is 11.1. The van der Waals surface area contributed by atoms with Gasteiger partial charge in [-0.2, -0.15) is 0 Å². The lowest BCUT2D eigenvalue weighted by atomic mass is 10.0. The molecule has 0 bridgehead atoms. The van der Waals surface area contributed by atoms with Crippen LogP contribution < -0.4 is 0 Å². The van der Waals surface area contributed by atoms with E-state index in [2.05, 4.69) is 54.6 Å². The minimum atomic E-state index is 0.586. The van der Waals surface area contributed by atoms with Gasteiger partial charge in [0.2, 0.25) is 0 Å². The highest BCUT2D eigenvalue weighted by molar-refractivity contribution is 6.10. The van der Waals surface area contributed by atoms with Crippen LogP contribution in [0.25, 0.3) is 112 Å². The molecule has 11 aromatic rings. The number of furan rings is 2. The maximum atomic E-state index is 6.51. The first-order valence-corrected chi connectivity index (χ1v) is 18.4. The van der Waals surface area contributed by atoms with Gasteiger partial charge in [-0.1, -0.05) is 133 Å². The van der Waals surface area contributed by atoms with Crippen LogP contribution in [-0.2, 0) is 0 Å². The normalized spacial score (nSPS) is 11.6. The molecule has 262 valence electrons. The zero-order chi connectivity index (χ0) is 37.0. The number of benzene rings is 7. The summed E-state index contributed by atoms with van der Waals surface area (Å²) in [6.07, 6.45) is 0. The van der Waals surface area contributed by atoms with E-state index in [4.69, 9.17) is 33.8 Å². The molecule has 0 saturated heterocycles. The Hall–Kier alpha value is -7.77. The van der Waals surface area contributed by atoms with Crippen molar-refractivity contribution in [3.8, 4) is 67.9 Å². The molecule has 0 aliphatic carbocycles. The highest BCUT2D eigenvalue weighted by Gasteiger charge is 2.20. The van der Waals surface area contributed by atoms with E-state index in [1.165, 1.54) is 0 Å². The standard InChI is InChI=1S/C49H29N5O2/c1-4-12-30(13-5-1)31-20-22-34(23-21-31)46-50-43(45-44(51-46)38-18-10-11-19-40(38)56-45)35-24-26-37-39-28-36(25-27-41(39)55-42(37)29-35)49-53-47(32-14-6-2-7-15-32)52-48(54-49)33-16-8-3-9-17-33/h1-29H. The molecule has 4 aromatic heterocycles. The summed E-state index contributed by atoms with van der Waals surface area (Å²) >= 11 is 0. The minimum Gasteiger partial charge on any atom is -0.456 e. The molecule has 4 heterocycles. The third kappa shape index (κ3) is 5.49. The summed E-state index contributed by atoms with van der Waals surface area (Å²) in [7, 11) is 0. The number of fused-ring (bicyclic) bond motifs is 6. The van der Waals surface area contributed by atoms with Crippen LogP contribution in [0, 0.1) is 0 Å². The molecular formula is C49H29N5O2. The monoisotopic (exact) mass is 719 g/mol. The van der Waals surface area contributed by atoms with Gasteiger partial charge in [0.1, 0.15) is 28.0 Å². The first kappa shape index (κ1) is 31.7. The quantitative estimate of drug-likeness (QED) is 0.169. The maximum Gasteiger partial charge on any atom is 0.180 e. The number of aromatic nitrogens is 5. The Morgan fingerprint density at radius 1 is 0.286 bits per heavy atom. The van der Waals surface area contributed by atoms with E-state index >= 15 is 0 Å². The first-order chi connectivity index (χ1) is 27.7. The Balaban J connectivity index is 1.03. The van der Waals surface area contributed by atoms with Crippen LogP contribution in [0.1, 0.15) is 0 Å². The maximum absolute atomic E-state index is 6.51. The van der Waals surface area contributed by atoms with E-state index in [-0.39, 0.29) is 0 Å². The van der Waals surface area contributed by atoms with E-state index in [1.807, 2.05) is 121 Å². The van der Waals surface area contributed by atoms with E-state index in [0.717, 1.165) is 77.4 Å². The molecule has 7 nitrogen and oxygen atoms in total. The van der Waals surface area contributed by atoms with Crippen molar-refractivity contribution in [2.75, 3.05) is 0 Å². The van der Waals surface area contributed by atoms with Crippen LogP contribution in [0.5, 0.6) is 0 Å². The third-order valence-electron chi connectivity index (χ3n) is 10.2. The summed E-state index contributed by atoms with van der Waals surface area (Å²) in [6, 6.07) is 59.0. The second-order valence-corrected chi connectivity index (χ2v) is 13.7. The Bertz CT molecular complexity index is 3170. The number of nitrogens with zero attached hydrogens (tertiary/aromatic N) is 5. The number of rotatable bonds is 6. The van der Waals surface area contributed by atoms with Crippen molar-refractivity contribution < 1.29 is 8.83 Å². The van der Waals surface area contributed by atoms with Crippen molar-refractivity contribution in [2.24, 2.45) is 0 Å². The summed E-state index contributed by atoms with van der Waals surface area (Å²) in [5, 5.41) is 2.87. The molecule has 0 N–H and O–H groups in total. The first-order valence-electron chi connectivity index (χ1n) is 18.4. The van der Waals surface area contributed by atoms with Crippen LogP contribution in [0.4, 0.5) is 0 Å². The van der Waals surface area contributed by atoms with Gasteiger partial charge >= 0.3 is 0 Å². The van der Waals surface area contributed by atoms with Gasteiger partial charge in [0, 0.05) is 44.0 Å². The smallest absolute Gasteiger partial charge is 0.180 e. The molecule has 56 heavy (non-hydrogen) atoms. The molecule has 0 spiro atoms. The zero-order valence-corrected chi connectivity index (χ0v) is 29.8. The van der Waals surface area contributed by atoms with Crippen molar-refractivity contribution in [1.82, 2.24) is 24.9 Å². The molecule has 0 unspecified atom stereocenters. The lowest BCUT2D eigenvalue weighted by molar-refractivity contribution is 0.666. The molecule has 0 atom stereocenters. The lowest BCUT2D eigenvalue weighted by Crippen LogP contribution is -2.00. The number of hydrogen-bond acceptors (Lipinski definition) is 7. The predicted molar refractivity (Wildman–Crippen MR) is 223 cm³/mol. The van der Waals surface area contributed by atoms with Gasteiger partial charge in [0.25, 0.3) is 0 Å². The molecule has 11 rings (SSSR count). The topological polar surface area (TPSA) is 90.7 Å². The molecule has 7 aromatic carbocycles. The van der Waals surface area contributed by atoms with Gasteiger partial charge in [-0.15, -0.1) is 0 Å². The van der Waals surface area contributed by atoms with E-state index in [0.29, 0.717) is 34.6 Å². The fourth-order valence-electron chi connectivity index (χ4n) is 7.36. The van der Waals surface area contributed by atoms with E-state index in [1.54, 1.807) is 0 Å². The highest BCUT2D eigenvalue weighted by Crippen LogP contribution is 2.39. The summed E-state index contributed by atoms with van der Waals surface area (Å²) in [4.78, 5) is 25.0. The lowest BCUT2D eigenvalue weighted by Gasteiger charge is -2.08. The zero-order valence-electron chi connectivity index (χ0n) is 29.8. The van der Waals surface area contributed by atoms with Gasteiger partial charge < -0.3 is 8.83 Å². The minimum absolute atomic E-state index is 0.586. The average Bonchev–Trinajstić information content (AvgIpc) is 3.84. The fourth-order valence-corrected chi connectivity index (χ4v) is 7.36. The molecule has 0 saturated carbocycles. The van der Waals surface area contributed by atoms with Crippen molar-refractivity contribution >= 4 is 44.0 Å². The Morgan fingerprint density at radius 2 is 0.786 bits per heavy atom. The number of hydrogen-bond donors (Lipinski definition) is 0. The van der Waals surface area contributed by atoms with Crippen molar-refractivity contribution in [1.29, 1.82) is 0 Å². The van der Waals surface area contributed by atoms with Gasteiger partial charge in [-0.25, -0.2) is 24.9 Å². The second-order valence-electron chi connectivity index (χ2n) is 13.7. The van der Waals surface area contributed by atoms with Crippen molar-refractivity contribution in [2.45, 2.75) is 0 Å². The third-order valence-corrected chi connectivity index (χ3v) is 10.2. The summed E-state index contributed by atoms with van der Waals surface area (Å²) in [5.74, 6) is 2.44. The Kier molecular flexibility index (Phi) is 7.35. The van der Waals surface area contributed by atoms with Crippen LogP contribution in [0.2, 0.25) is 0 Å². The molecule has 0 fully saturated rings. The van der Waals surface area contributed by atoms with Crippen molar-refractivity contribution in [3.63, 3.8) is 0 Å².